The summed E-state index contributed by atoms with van der Waals surface area (Å²) in [6.07, 6.45) is 0. The molecule has 0 spiro atoms. The zero-order valence-electron chi connectivity index (χ0n) is 14.1. The van der Waals surface area contributed by atoms with Crippen LogP contribution >= 0.6 is 0 Å². The van der Waals surface area contributed by atoms with Crippen molar-refractivity contribution in [3.63, 3.8) is 0 Å². The van der Waals surface area contributed by atoms with Gasteiger partial charge in [0.2, 0.25) is 5.95 Å². The summed E-state index contributed by atoms with van der Waals surface area (Å²) in [4.78, 5) is 18.2. The maximum absolute atomic E-state index is 11.6. The minimum Gasteiger partial charge on any atom is -0.340 e. The van der Waals surface area contributed by atoms with Crippen molar-refractivity contribution >= 4 is 22.7 Å². The lowest BCUT2D eigenvalue weighted by Crippen LogP contribution is -2.44. The third-order valence-electron chi connectivity index (χ3n) is 4.55. The molecule has 1 aliphatic rings. The number of piperazine rings is 1. The Bertz CT molecular complexity index is 760. The molecule has 0 aliphatic carbocycles. The standard InChI is InChI=1S/C16H23N5O2/c1-10(2)20-13-9-11(3)12(4)15(21(22)23)14(13)18-16(20)19-7-5-17-6-8-19/h9-10,17H,5-8H2,1-4H3. The van der Waals surface area contributed by atoms with Gasteiger partial charge in [0, 0.05) is 37.8 Å². The van der Waals surface area contributed by atoms with Crippen molar-refractivity contribution in [2.45, 2.75) is 33.7 Å². The van der Waals surface area contributed by atoms with Crippen molar-refractivity contribution in [1.29, 1.82) is 0 Å². The molecule has 0 unspecified atom stereocenters. The number of nitro groups is 1. The summed E-state index contributed by atoms with van der Waals surface area (Å²) in [5.74, 6) is 0.838. The summed E-state index contributed by atoms with van der Waals surface area (Å²) in [7, 11) is 0. The van der Waals surface area contributed by atoms with E-state index < -0.39 is 0 Å². The average molecular weight is 317 g/mol. The summed E-state index contributed by atoms with van der Waals surface area (Å²) < 4.78 is 2.13. The van der Waals surface area contributed by atoms with E-state index in [0.717, 1.165) is 43.2 Å². The Kier molecular flexibility index (Phi) is 3.97. The number of anilines is 1. The number of nitro benzene ring substituents is 1. The molecule has 1 aromatic carbocycles. The van der Waals surface area contributed by atoms with Crippen molar-refractivity contribution in [2.75, 3.05) is 31.1 Å². The molecule has 0 radical (unpaired) electrons. The van der Waals surface area contributed by atoms with Crippen LogP contribution in [0.3, 0.4) is 0 Å². The number of aryl methyl sites for hydroxylation is 1. The van der Waals surface area contributed by atoms with Crippen molar-refractivity contribution in [3.05, 3.63) is 27.3 Å². The van der Waals surface area contributed by atoms with Gasteiger partial charge >= 0.3 is 0 Å². The Balaban J connectivity index is 2.30. The second kappa shape index (κ2) is 5.81. The molecule has 1 saturated heterocycles. The van der Waals surface area contributed by atoms with Gasteiger partial charge in [0.1, 0.15) is 0 Å². The highest BCUT2D eigenvalue weighted by Gasteiger charge is 2.27. The second-order valence-corrected chi connectivity index (χ2v) is 6.40. The molecule has 0 bridgehead atoms. The molecule has 1 N–H and O–H groups in total. The van der Waals surface area contributed by atoms with Gasteiger partial charge in [0.15, 0.2) is 5.52 Å². The molecule has 1 fully saturated rings. The van der Waals surface area contributed by atoms with Gasteiger partial charge in [-0.05, 0) is 39.3 Å². The van der Waals surface area contributed by atoms with Crippen molar-refractivity contribution in [2.24, 2.45) is 0 Å². The van der Waals surface area contributed by atoms with Crippen LogP contribution in [-0.2, 0) is 0 Å². The number of nitrogens with zero attached hydrogens (tertiary/aromatic N) is 4. The predicted molar refractivity (Wildman–Crippen MR) is 91.3 cm³/mol. The molecule has 7 heteroatoms. The second-order valence-electron chi connectivity index (χ2n) is 6.40. The highest BCUT2D eigenvalue weighted by molar-refractivity contribution is 5.90. The average Bonchev–Trinajstić information content (AvgIpc) is 2.87. The molecule has 124 valence electrons. The molecule has 3 rings (SSSR count). The highest BCUT2D eigenvalue weighted by Crippen LogP contribution is 2.36. The van der Waals surface area contributed by atoms with Crippen LogP contribution in [0.25, 0.3) is 11.0 Å². The Hall–Kier alpha value is -2.15. The number of aromatic nitrogens is 2. The van der Waals surface area contributed by atoms with Gasteiger partial charge in [0.05, 0.1) is 10.4 Å². The summed E-state index contributed by atoms with van der Waals surface area (Å²) in [6, 6.07) is 2.21. The van der Waals surface area contributed by atoms with Crippen molar-refractivity contribution in [1.82, 2.24) is 14.9 Å². The number of hydrogen-bond acceptors (Lipinski definition) is 5. The normalized spacial score (nSPS) is 15.6. The zero-order chi connectivity index (χ0) is 16.7. The van der Waals surface area contributed by atoms with Crippen molar-refractivity contribution < 1.29 is 4.92 Å². The van der Waals surface area contributed by atoms with Crippen LogP contribution in [0.4, 0.5) is 11.6 Å². The van der Waals surface area contributed by atoms with Crippen LogP contribution in [0, 0.1) is 24.0 Å². The molecule has 7 nitrogen and oxygen atoms in total. The maximum atomic E-state index is 11.6. The Labute approximate surface area is 135 Å². The summed E-state index contributed by atoms with van der Waals surface area (Å²) >= 11 is 0. The lowest BCUT2D eigenvalue weighted by molar-refractivity contribution is -0.383. The number of rotatable bonds is 3. The molecule has 23 heavy (non-hydrogen) atoms. The first-order valence-corrected chi connectivity index (χ1v) is 8.04. The molecule has 0 atom stereocenters. The van der Waals surface area contributed by atoms with Gasteiger partial charge in [-0.2, -0.15) is 0 Å². The molecule has 1 aliphatic heterocycles. The maximum Gasteiger partial charge on any atom is 0.300 e. The Morgan fingerprint density at radius 1 is 1.30 bits per heavy atom. The van der Waals surface area contributed by atoms with Gasteiger partial charge in [-0.15, -0.1) is 0 Å². The fraction of sp³-hybridized carbons (Fsp3) is 0.562. The molecule has 2 aromatic rings. The first kappa shape index (κ1) is 15.7. The van der Waals surface area contributed by atoms with E-state index in [4.69, 9.17) is 4.98 Å². The summed E-state index contributed by atoms with van der Waals surface area (Å²) in [5, 5.41) is 14.9. The van der Waals surface area contributed by atoms with Gasteiger partial charge in [-0.1, -0.05) is 0 Å². The lowest BCUT2D eigenvalue weighted by atomic mass is 10.1. The lowest BCUT2D eigenvalue weighted by Gasteiger charge is -2.29. The third-order valence-corrected chi connectivity index (χ3v) is 4.55. The highest BCUT2D eigenvalue weighted by atomic mass is 16.6. The largest absolute Gasteiger partial charge is 0.340 e. The van der Waals surface area contributed by atoms with Crippen LogP contribution in [0.15, 0.2) is 6.07 Å². The summed E-state index contributed by atoms with van der Waals surface area (Å²) in [6.45, 7) is 11.4. The first-order chi connectivity index (χ1) is 10.9. The van der Waals surface area contributed by atoms with Crippen LogP contribution in [0.1, 0.15) is 31.0 Å². The van der Waals surface area contributed by atoms with Crippen LogP contribution in [-0.4, -0.2) is 40.7 Å². The van der Waals surface area contributed by atoms with Gasteiger partial charge < -0.3 is 14.8 Å². The van der Waals surface area contributed by atoms with Crippen LogP contribution in [0.5, 0.6) is 0 Å². The van der Waals surface area contributed by atoms with E-state index in [1.54, 1.807) is 6.92 Å². The zero-order valence-corrected chi connectivity index (χ0v) is 14.1. The number of hydrogen-bond donors (Lipinski definition) is 1. The van der Waals surface area contributed by atoms with Gasteiger partial charge in [0.25, 0.3) is 5.69 Å². The molecular formula is C16H23N5O2. The van der Waals surface area contributed by atoms with Gasteiger partial charge in [-0.25, -0.2) is 4.98 Å². The molecule has 2 heterocycles. The Morgan fingerprint density at radius 2 is 1.96 bits per heavy atom. The van der Waals surface area contributed by atoms with E-state index in [1.165, 1.54) is 0 Å². The minimum absolute atomic E-state index is 0.135. The smallest absolute Gasteiger partial charge is 0.300 e. The van der Waals surface area contributed by atoms with E-state index in [9.17, 15) is 10.1 Å². The van der Waals surface area contributed by atoms with Crippen LogP contribution in [0.2, 0.25) is 0 Å². The SMILES string of the molecule is Cc1cc2c(nc(N3CCNCC3)n2C(C)C)c([N+](=O)[O-])c1C. The quantitative estimate of drug-likeness (QED) is 0.695. The van der Waals surface area contributed by atoms with Crippen LogP contribution < -0.4 is 10.2 Å². The fourth-order valence-electron chi connectivity index (χ4n) is 3.24. The number of imidazole rings is 1. The topological polar surface area (TPSA) is 76.2 Å². The molecule has 0 amide bonds. The molecule has 0 saturated carbocycles. The van der Waals surface area contributed by atoms with Crippen molar-refractivity contribution in [3.8, 4) is 0 Å². The molecular weight excluding hydrogens is 294 g/mol. The fourth-order valence-corrected chi connectivity index (χ4v) is 3.24. The number of nitrogens with one attached hydrogen (secondary N) is 1. The Morgan fingerprint density at radius 3 is 2.52 bits per heavy atom. The number of benzene rings is 1. The van der Waals surface area contributed by atoms with Gasteiger partial charge in [-0.3, -0.25) is 10.1 Å². The molecule has 1 aromatic heterocycles. The monoisotopic (exact) mass is 317 g/mol. The van der Waals surface area contributed by atoms with E-state index in [-0.39, 0.29) is 16.7 Å². The van der Waals surface area contributed by atoms with E-state index in [1.807, 2.05) is 13.0 Å². The number of fused-ring (bicyclic) bond motifs is 1. The predicted octanol–water partition coefficient (Wildman–Crippen LogP) is 2.55. The van der Waals surface area contributed by atoms with E-state index in [0.29, 0.717) is 11.1 Å². The summed E-state index contributed by atoms with van der Waals surface area (Å²) in [5.41, 5.74) is 3.11. The van der Waals surface area contributed by atoms with E-state index in [2.05, 4.69) is 28.6 Å². The van der Waals surface area contributed by atoms with E-state index >= 15 is 0 Å². The minimum atomic E-state index is -0.302. The third kappa shape index (κ3) is 2.55. The first-order valence-electron chi connectivity index (χ1n) is 8.04.